The number of piperidine rings is 1. The smallest absolute Gasteiger partial charge is 0.222 e. The maximum absolute atomic E-state index is 12.4. The van der Waals surface area contributed by atoms with Crippen molar-refractivity contribution in [3.8, 4) is 0 Å². The highest BCUT2D eigenvalue weighted by molar-refractivity contribution is 7.09. The molecule has 2 aromatic rings. The van der Waals surface area contributed by atoms with Gasteiger partial charge in [-0.15, -0.1) is 11.3 Å². The normalized spacial score (nSPS) is 18.4. The van der Waals surface area contributed by atoms with Crippen molar-refractivity contribution in [3.05, 3.63) is 46.2 Å². The molecule has 1 atom stereocenters. The largest absolute Gasteiger partial charge is 0.342 e. The molecule has 0 unspecified atom stereocenters. The maximum Gasteiger partial charge on any atom is 0.222 e. The van der Waals surface area contributed by atoms with Crippen LogP contribution in [-0.4, -0.2) is 33.9 Å². The Morgan fingerprint density at radius 1 is 1.45 bits per heavy atom. The molecule has 22 heavy (non-hydrogen) atoms. The van der Waals surface area contributed by atoms with Gasteiger partial charge < -0.3 is 4.90 Å². The molecule has 4 nitrogen and oxygen atoms in total. The van der Waals surface area contributed by atoms with E-state index in [1.807, 2.05) is 30.2 Å². The third-order valence-corrected chi connectivity index (χ3v) is 5.09. The number of carbonyl (C=O) groups excluding carboxylic acids is 1. The number of thiophene rings is 1. The zero-order valence-electron chi connectivity index (χ0n) is 12.9. The van der Waals surface area contributed by atoms with Gasteiger partial charge in [0, 0.05) is 42.2 Å². The second-order valence-corrected chi connectivity index (χ2v) is 6.82. The molecule has 0 N–H and O–H groups in total. The minimum atomic E-state index is 0.267. The van der Waals surface area contributed by atoms with Crippen molar-refractivity contribution in [2.24, 2.45) is 0 Å². The molecule has 5 heteroatoms. The van der Waals surface area contributed by atoms with Crippen LogP contribution >= 0.6 is 11.3 Å². The van der Waals surface area contributed by atoms with Crippen molar-refractivity contribution in [1.29, 1.82) is 0 Å². The summed E-state index contributed by atoms with van der Waals surface area (Å²) in [5.41, 5.74) is 1.07. The van der Waals surface area contributed by atoms with E-state index in [-0.39, 0.29) is 5.91 Å². The Balaban J connectivity index is 1.59. The molecule has 1 aliphatic rings. The summed E-state index contributed by atoms with van der Waals surface area (Å²) in [6.07, 6.45) is 5.43. The SMILES string of the molecule is Cc1nccc([C@@H]2CCCN(C(=O)CCc3cccs3)C2)n1. The van der Waals surface area contributed by atoms with Gasteiger partial charge in [-0.05, 0) is 43.7 Å². The average Bonchev–Trinajstić information content (AvgIpc) is 3.06. The van der Waals surface area contributed by atoms with E-state index in [0.717, 1.165) is 43.9 Å². The fourth-order valence-electron chi connectivity index (χ4n) is 2.99. The van der Waals surface area contributed by atoms with Crippen molar-refractivity contribution in [2.75, 3.05) is 13.1 Å². The van der Waals surface area contributed by atoms with Crippen LogP contribution in [0.25, 0.3) is 0 Å². The Bertz CT molecular complexity index is 627. The lowest BCUT2D eigenvalue weighted by Crippen LogP contribution is -2.39. The van der Waals surface area contributed by atoms with E-state index in [1.165, 1.54) is 4.88 Å². The number of rotatable bonds is 4. The summed E-state index contributed by atoms with van der Waals surface area (Å²) in [5, 5.41) is 2.06. The maximum atomic E-state index is 12.4. The lowest BCUT2D eigenvalue weighted by molar-refractivity contribution is -0.132. The zero-order valence-corrected chi connectivity index (χ0v) is 13.7. The summed E-state index contributed by atoms with van der Waals surface area (Å²) in [7, 11) is 0. The van der Waals surface area contributed by atoms with Gasteiger partial charge in [0.1, 0.15) is 5.82 Å². The van der Waals surface area contributed by atoms with Gasteiger partial charge in [0.25, 0.3) is 0 Å². The van der Waals surface area contributed by atoms with Crippen molar-refractivity contribution in [3.63, 3.8) is 0 Å². The first-order valence-corrected chi connectivity index (χ1v) is 8.70. The van der Waals surface area contributed by atoms with Crippen LogP contribution < -0.4 is 0 Å². The predicted molar refractivity (Wildman–Crippen MR) is 88.0 cm³/mol. The first-order chi connectivity index (χ1) is 10.7. The molecule has 1 fully saturated rings. The number of aromatic nitrogens is 2. The molecule has 0 aliphatic carbocycles. The van der Waals surface area contributed by atoms with Crippen LogP contribution in [0, 0.1) is 6.92 Å². The molecule has 1 aliphatic heterocycles. The molecule has 1 saturated heterocycles. The molecule has 0 saturated carbocycles. The molecule has 3 heterocycles. The number of hydrogen-bond donors (Lipinski definition) is 0. The molecule has 3 rings (SSSR count). The Hall–Kier alpha value is -1.75. The molecule has 0 aromatic carbocycles. The number of carbonyl (C=O) groups is 1. The lowest BCUT2D eigenvalue weighted by atomic mass is 9.94. The second kappa shape index (κ2) is 7.01. The van der Waals surface area contributed by atoms with Gasteiger partial charge in [0.2, 0.25) is 5.91 Å². The molecule has 116 valence electrons. The van der Waals surface area contributed by atoms with E-state index in [9.17, 15) is 4.79 Å². The van der Waals surface area contributed by atoms with Crippen LogP contribution in [0.3, 0.4) is 0 Å². The standard InChI is InChI=1S/C17H21N3OS/c1-13-18-9-8-16(19-13)14-4-2-10-20(12-14)17(21)7-6-15-5-3-11-22-15/h3,5,8-9,11,14H,2,4,6-7,10,12H2,1H3/t14-/m1/s1. The molecule has 0 spiro atoms. The highest BCUT2D eigenvalue weighted by Crippen LogP contribution is 2.26. The van der Waals surface area contributed by atoms with Crippen LogP contribution in [0.1, 0.15) is 41.6 Å². The summed E-state index contributed by atoms with van der Waals surface area (Å²) in [5.74, 6) is 1.42. The van der Waals surface area contributed by atoms with E-state index < -0.39 is 0 Å². The van der Waals surface area contributed by atoms with Gasteiger partial charge >= 0.3 is 0 Å². The number of amides is 1. The van der Waals surface area contributed by atoms with Crippen LogP contribution in [0.15, 0.2) is 29.8 Å². The van der Waals surface area contributed by atoms with Crippen molar-refractivity contribution >= 4 is 17.2 Å². The van der Waals surface area contributed by atoms with E-state index in [4.69, 9.17) is 0 Å². The van der Waals surface area contributed by atoms with Gasteiger partial charge in [-0.1, -0.05) is 6.07 Å². The first-order valence-electron chi connectivity index (χ1n) is 7.82. The number of hydrogen-bond acceptors (Lipinski definition) is 4. The van der Waals surface area contributed by atoms with Gasteiger partial charge in [0.15, 0.2) is 0 Å². The number of nitrogens with zero attached hydrogens (tertiary/aromatic N) is 3. The second-order valence-electron chi connectivity index (χ2n) is 5.79. The van der Waals surface area contributed by atoms with E-state index in [2.05, 4.69) is 21.4 Å². The summed E-state index contributed by atoms with van der Waals surface area (Å²) >= 11 is 1.72. The Kier molecular flexibility index (Phi) is 4.83. The van der Waals surface area contributed by atoms with Crippen molar-refractivity contribution in [1.82, 2.24) is 14.9 Å². The van der Waals surface area contributed by atoms with Crippen molar-refractivity contribution < 1.29 is 4.79 Å². The van der Waals surface area contributed by atoms with E-state index in [1.54, 1.807) is 11.3 Å². The van der Waals surface area contributed by atoms with Gasteiger partial charge in [-0.25, -0.2) is 9.97 Å². The molecule has 2 aromatic heterocycles. The summed E-state index contributed by atoms with van der Waals surface area (Å²) < 4.78 is 0. The van der Waals surface area contributed by atoms with E-state index >= 15 is 0 Å². The highest BCUT2D eigenvalue weighted by Gasteiger charge is 2.25. The van der Waals surface area contributed by atoms with E-state index in [0.29, 0.717) is 12.3 Å². The van der Waals surface area contributed by atoms with Gasteiger partial charge in [-0.3, -0.25) is 4.79 Å². The minimum Gasteiger partial charge on any atom is -0.342 e. The van der Waals surface area contributed by atoms with Gasteiger partial charge in [-0.2, -0.15) is 0 Å². The molecule has 1 amide bonds. The quantitative estimate of drug-likeness (QED) is 0.870. The van der Waals surface area contributed by atoms with Crippen molar-refractivity contribution in [2.45, 2.75) is 38.5 Å². The molecule has 0 bridgehead atoms. The highest BCUT2D eigenvalue weighted by atomic mass is 32.1. The Morgan fingerprint density at radius 3 is 3.14 bits per heavy atom. The third kappa shape index (κ3) is 3.71. The van der Waals surface area contributed by atoms with Crippen LogP contribution in [0.4, 0.5) is 0 Å². The van der Waals surface area contributed by atoms with Crippen LogP contribution in [-0.2, 0) is 11.2 Å². The van der Waals surface area contributed by atoms with Gasteiger partial charge in [0.05, 0.1) is 0 Å². The third-order valence-electron chi connectivity index (χ3n) is 4.16. The van der Waals surface area contributed by atoms with Crippen LogP contribution in [0.2, 0.25) is 0 Å². The first kappa shape index (κ1) is 15.2. The Morgan fingerprint density at radius 2 is 2.36 bits per heavy atom. The summed E-state index contributed by atoms with van der Waals surface area (Å²) in [6, 6.07) is 6.12. The predicted octanol–water partition coefficient (Wildman–Crippen LogP) is 3.19. The molecule has 0 radical (unpaired) electrons. The number of likely N-dealkylation sites (tertiary alicyclic amines) is 1. The molecular formula is C17H21N3OS. The minimum absolute atomic E-state index is 0.267. The molecular weight excluding hydrogens is 294 g/mol. The fraction of sp³-hybridized carbons (Fsp3) is 0.471. The average molecular weight is 315 g/mol. The fourth-order valence-corrected chi connectivity index (χ4v) is 3.70. The van der Waals surface area contributed by atoms with Crippen LogP contribution in [0.5, 0.6) is 0 Å². The number of aryl methyl sites for hydroxylation is 2. The Labute approximate surface area is 135 Å². The summed E-state index contributed by atoms with van der Waals surface area (Å²) in [6.45, 7) is 3.58. The monoisotopic (exact) mass is 315 g/mol. The lowest BCUT2D eigenvalue weighted by Gasteiger charge is -2.32. The summed E-state index contributed by atoms with van der Waals surface area (Å²) in [4.78, 5) is 24.4. The topological polar surface area (TPSA) is 46.1 Å². The zero-order chi connectivity index (χ0) is 15.4.